The zero-order valence-corrected chi connectivity index (χ0v) is 17.4. The first kappa shape index (κ1) is 19.8. The van der Waals surface area contributed by atoms with Crippen LogP contribution < -0.4 is 5.32 Å². The Hall–Kier alpha value is -2.53. The predicted molar refractivity (Wildman–Crippen MR) is 111 cm³/mol. The second-order valence-electron chi connectivity index (χ2n) is 5.83. The minimum absolute atomic E-state index is 0.229. The van der Waals surface area contributed by atoms with Crippen molar-refractivity contribution in [3.8, 4) is 11.5 Å². The maximum absolute atomic E-state index is 10.7. The van der Waals surface area contributed by atoms with Gasteiger partial charge < -0.3 is 10.4 Å². The molecule has 0 bridgehead atoms. The van der Waals surface area contributed by atoms with Gasteiger partial charge in [-0.3, -0.25) is 4.79 Å². The zero-order valence-electron chi connectivity index (χ0n) is 14.3. The van der Waals surface area contributed by atoms with Crippen molar-refractivity contribution in [3.05, 3.63) is 45.2 Å². The molecule has 0 unspecified atom stereocenters. The molecule has 2 N–H and O–H groups in total. The quantitative estimate of drug-likeness (QED) is 0.408. The molecule has 1 aromatic carbocycles. The molecule has 3 aromatic heterocycles. The fourth-order valence-electron chi connectivity index (χ4n) is 2.45. The van der Waals surface area contributed by atoms with E-state index in [0.717, 1.165) is 5.56 Å². The first-order valence-electron chi connectivity index (χ1n) is 8.02. The van der Waals surface area contributed by atoms with Crippen molar-refractivity contribution in [1.82, 2.24) is 29.9 Å². The molecule has 3 heterocycles. The number of hydrogen-bond acceptors (Lipinski definition) is 8. The van der Waals surface area contributed by atoms with E-state index in [-0.39, 0.29) is 6.54 Å². The highest BCUT2D eigenvalue weighted by Gasteiger charge is 2.13. The predicted octanol–water partition coefficient (Wildman–Crippen LogP) is 3.85. The van der Waals surface area contributed by atoms with E-state index in [1.54, 1.807) is 29.2 Å². The molecule has 0 amide bonds. The van der Waals surface area contributed by atoms with Crippen LogP contribution in [0.3, 0.4) is 0 Å². The van der Waals surface area contributed by atoms with Gasteiger partial charge in [-0.2, -0.15) is 0 Å². The first-order valence-corrected chi connectivity index (χ1v) is 9.97. The Morgan fingerprint density at radius 1 is 1.21 bits per heavy atom. The van der Waals surface area contributed by atoms with Crippen molar-refractivity contribution in [1.29, 1.82) is 0 Å². The molecule has 0 atom stereocenters. The van der Waals surface area contributed by atoms with Crippen LogP contribution in [0.2, 0.25) is 15.1 Å². The third-order valence-corrected chi connectivity index (χ3v) is 5.82. The molecule has 148 valence electrons. The van der Waals surface area contributed by atoms with Crippen molar-refractivity contribution in [3.63, 3.8) is 0 Å². The van der Waals surface area contributed by atoms with Crippen LogP contribution in [0.15, 0.2) is 24.5 Å². The fraction of sp³-hybridized carbons (Fsp3) is 0.125. The lowest BCUT2D eigenvalue weighted by atomic mass is 10.2. The summed E-state index contributed by atoms with van der Waals surface area (Å²) in [6, 6.07) is 3.42. The molecule has 9 nitrogen and oxygen atoms in total. The van der Waals surface area contributed by atoms with Crippen LogP contribution >= 0.6 is 46.1 Å². The Kier molecular flexibility index (Phi) is 5.50. The number of carboxylic acids is 1. The van der Waals surface area contributed by atoms with Crippen LogP contribution in [0.4, 0.5) is 5.13 Å². The van der Waals surface area contributed by atoms with Crippen LogP contribution in [0.1, 0.15) is 5.56 Å². The highest BCUT2D eigenvalue weighted by molar-refractivity contribution is 7.21. The van der Waals surface area contributed by atoms with E-state index in [0.29, 0.717) is 48.6 Å². The van der Waals surface area contributed by atoms with E-state index in [1.807, 2.05) is 0 Å². The molecular formula is C16H10Cl3N7O2S. The number of rotatable bonds is 6. The summed E-state index contributed by atoms with van der Waals surface area (Å²) in [6.45, 7) is 0.156. The highest BCUT2D eigenvalue weighted by Crippen LogP contribution is 2.31. The number of aliphatic carboxylic acids is 1. The summed E-state index contributed by atoms with van der Waals surface area (Å²) >= 11 is 19.3. The van der Waals surface area contributed by atoms with Crippen molar-refractivity contribution in [2.75, 3.05) is 11.9 Å². The monoisotopic (exact) mass is 469 g/mol. The summed E-state index contributed by atoms with van der Waals surface area (Å²) in [5.74, 6) is -0.597. The van der Waals surface area contributed by atoms with Gasteiger partial charge in [0.15, 0.2) is 11.0 Å². The van der Waals surface area contributed by atoms with Crippen LogP contribution in [0.25, 0.3) is 21.9 Å². The van der Waals surface area contributed by atoms with E-state index in [9.17, 15) is 4.79 Å². The lowest BCUT2D eigenvalue weighted by molar-refractivity contribution is -0.134. The number of nitrogens with zero attached hydrogens (tertiary/aromatic N) is 6. The molecule has 0 spiro atoms. The molecule has 0 aliphatic rings. The molecule has 4 rings (SSSR count). The smallest absolute Gasteiger partial charge is 0.322 e. The molecule has 0 saturated heterocycles. The van der Waals surface area contributed by atoms with Gasteiger partial charge in [-0.05, 0) is 17.7 Å². The Balaban J connectivity index is 1.55. The van der Waals surface area contributed by atoms with Crippen LogP contribution in [0.5, 0.6) is 0 Å². The van der Waals surface area contributed by atoms with Crippen LogP contribution in [0, 0.1) is 0 Å². The van der Waals surface area contributed by atoms with Gasteiger partial charge in [0.25, 0.3) is 0 Å². The number of nitrogens with one attached hydrogen (secondary N) is 1. The molecule has 0 radical (unpaired) electrons. The van der Waals surface area contributed by atoms with Gasteiger partial charge in [-0.15, -0.1) is 5.10 Å². The average Bonchev–Trinajstić information content (AvgIpc) is 3.30. The molecule has 4 aromatic rings. The summed E-state index contributed by atoms with van der Waals surface area (Å²) in [4.78, 5) is 24.2. The van der Waals surface area contributed by atoms with Crippen molar-refractivity contribution in [2.24, 2.45) is 0 Å². The van der Waals surface area contributed by atoms with E-state index in [2.05, 4.69) is 30.6 Å². The molecule has 13 heteroatoms. The maximum Gasteiger partial charge on any atom is 0.322 e. The molecule has 0 aliphatic carbocycles. The van der Waals surface area contributed by atoms with E-state index < -0.39 is 5.97 Å². The third kappa shape index (κ3) is 4.40. The van der Waals surface area contributed by atoms with Crippen molar-refractivity contribution < 1.29 is 9.90 Å². The Bertz CT molecular complexity index is 1200. The second-order valence-corrected chi connectivity index (χ2v) is 8.00. The molecular weight excluding hydrogens is 461 g/mol. The van der Waals surface area contributed by atoms with Crippen LogP contribution in [-0.2, 0) is 11.3 Å². The van der Waals surface area contributed by atoms with Gasteiger partial charge in [0.2, 0.25) is 0 Å². The largest absolute Gasteiger partial charge is 0.480 e. The SMILES string of the molecule is O=C(O)CNc1nc2cnc(-c3cn(Cc4cc(Cl)c(Cl)c(Cl)c4)nn3)nc2s1. The molecule has 0 fully saturated rings. The minimum Gasteiger partial charge on any atom is -0.480 e. The summed E-state index contributed by atoms with van der Waals surface area (Å²) in [6.07, 6.45) is 3.25. The molecule has 0 aliphatic heterocycles. The Morgan fingerprint density at radius 3 is 2.69 bits per heavy atom. The summed E-state index contributed by atoms with van der Waals surface area (Å²) in [5.41, 5.74) is 1.85. The van der Waals surface area contributed by atoms with Gasteiger partial charge in [0.05, 0.1) is 34.0 Å². The molecule has 29 heavy (non-hydrogen) atoms. The number of fused-ring (bicyclic) bond motifs is 1. The standard InChI is InChI=1S/C16H10Cl3N7O2S/c17-8-1-7(2-9(18)13(8)19)5-26-6-11(24-25-26)14-20-3-10-15(23-14)29-16(22-10)21-4-12(27)28/h1-3,6H,4-5H2,(H,21,22)(H,27,28). The summed E-state index contributed by atoms with van der Waals surface area (Å²) in [7, 11) is 0. The number of benzene rings is 1. The van der Waals surface area contributed by atoms with Gasteiger partial charge >= 0.3 is 5.97 Å². The number of carboxylic acid groups (broad SMARTS) is 1. The van der Waals surface area contributed by atoms with Gasteiger partial charge in [0, 0.05) is 0 Å². The summed E-state index contributed by atoms with van der Waals surface area (Å²) in [5, 5.41) is 21.1. The second kappa shape index (κ2) is 8.07. The molecule has 0 saturated carbocycles. The Labute approximate surface area is 182 Å². The normalized spacial score (nSPS) is 11.1. The van der Waals surface area contributed by atoms with Gasteiger partial charge in [0.1, 0.15) is 22.6 Å². The van der Waals surface area contributed by atoms with E-state index in [1.165, 1.54) is 11.3 Å². The minimum atomic E-state index is -0.976. The third-order valence-electron chi connectivity index (χ3n) is 3.70. The van der Waals surface area contributed by atoms with Crippen LogP contribution in [-0.4, -0.2) is 47.6 Å². The Morgan fingerprint density at radius 2 is 1.97 bits per heavy atom. The maximum atomic E-state index is 10.7. The van der Waals surface area contributed by atoms with Gasteiger partial charge in [-0.1, -0.05) is 51.4 Å². The first-order chi connectivity index (χ1) is 13.9. The average molecular weight is 471 g/mol. The van der Waals surface area contributed by atoms with E-state index >= 15 is 0 Å². The number of aromatic nitrogens is 6. The number of anilines is 1. The fourth-order valence-corrected chi connectivity index (χ4v) is 3.90. The summed E-state index contributed by atoms with van der Waals surface area (Å²) < 4.78 is 1.60. The van der Waals surface area contributed by atoms with Crippen molar-refractivity contribution in [2.45, 2.75) is 6.54 Å². The topological polar surface area (TPSA) is 119 Å². The van der Waals surface area contributed by atoms with E-state index in [4.69, 9.17) is 39.9 Å². The number of hydrogen-bond donors (Lipinski definition) is 2. The number of halogens is 3. The van der Waals surface area contributed by atoms with Gasteiger partial charge in [-0.25, -0.2) is 19.6 Å². The zero-order chi connectivity index (χ0) is 20.5. The lowest BCUT2D eigenvalue weighted by Gasteiger charge is -2.05. The number of carbonyl (C=O) groups is 1. The highest BCUT2D eigenvalue weighted by atomic mass is 35.5. The lowest BCUT2D eigenvalue weighted by Crippen LogP contribution is -2.11. The number of thiazole rings is 1. The van der Waals surface area contributed by atoms with Crippen molar-refractivity contribution >= 4 is 67.6 Å².